The van der Waals surface area contributed by atoms with Gasteiger partial charge in [-0.3, -0.25) is 9.59 Å². The van der Waals surface area contributed by atoms with Gasteiger partial charge in [0.1, 0.15) is 12.4 Å². The van der Waals surface area contributed by atoms with Gasteiger partial charge in [-0.15, -0.1) is 0 Å². The van der Waals surface area contributed by atoms with Crippen LogP contribution in [0.5, 0.6) is 5.75 Å². The number of carbonyl (C=O) groups excluding carboxylic acids is 2. The average molecular weight is 435 g/mol. The smallest absolute Gasteiger partial charge is 0.254 e. The Labute approximate surface area is 186 Å². The van der Waals surface area contributed by atoms with Crippen LogP contribution in [0.1, 0.15) is 26.3 Å². The normalized spacial score (nSPS) is 13.7. The van der Waals surface area contributed by atoms with Crippen LogP contribution < -0.4 is 4.74 Å². The van der Waals surface area contributed by atoms with E-state index in [1.165, 1.54) is 0 Å². The van der Waals surface area contributed by atoms with E-state index in [4.69, 9.17) is 16.3 Å². The van der Waals surface area contributed by atoms with Crippen molar-refractivity contribution in [2.45, 2.75) is 6.61 Å². The highest BCUT2D eigenvalue weighted by Gasteiger charge is 2.25. The number of halogens is 1. The van der Waals surface area contributed by atoms with Gasteiger partial charge >= 0.3 is 0 Å². The summed E-state index contributed by atoms with van der Waals surface area (Å²) in [7, 11) is 0. The second-order valence-corrected chi connectivity index (χ2v) is 7.83. The Bertz CT molecular complexity index is 1050. The van der Waals surface area contributed by atoms with E-state index >= 15 is 0 Å². The first-order chi connectivity index (χ1) is 15.1. The molecule has 6 heteroatoms. The molecule has 1 aliphatic rings. The molecule has 1 aliphatic heterocycles. The third-order valence-corrected chi connectivity index (χ3v) is 5.53. The Balaban J connectivity index is 1.34. The van der Waals surface area contributed by atoms with Crippen LogP contribution in [0.15, 0.2) is 78.9 Å². The Kier molecular flexibility index (Phi) is 6.53. The summed E-state index contributed by atoms with van der Waals surface area (Å²) in [6, 6.07) is 24.0. The molecule has 5 nitrogen and oxygen atoms in total. The topological polar surface area (TPSA) is 49.9 Å². The van der Waals surface area contributed by atoms with Crippen LogP contribution >= 0.6 is 11.6 Å². The lowest BCUT2D eigenvalue weighted by Gasteiger charge is -2.35. The molecule has 0 unspecified atom stereocenters. The van der Waals surface area contributed by atoms with E-state index in [-0.39, 0.29) is 11.8 Å². The minimum Gasteiger partial charge on any atom is -0.489 e. The van der Waals surface area contributed by atoms with Crippen molar-refractivity contribution in [2.24, 2.45) is 0 Å². The second kappa shape index (κ2) is 9.67. The zero-order valence-corrected chi connectivity index (χ0v) is 17.8. The fourth-order valence-corrected chi connectivity index (χ4v) is 3.66. The molecule has 1 saturated heterocycles. The highest BCUT2D eigenvalue weighted by Crippen LogP contribution is 2.18. The number of benzene rings is 3. The van der Waals surface area contributed by atoms with Gasteiger partial charge in [-0.1, -0.05) is 48.0 Å². The molecule has 0 saturated carbocycles. The molecule has 0 radical (unpaired) electrons. The van der Waals surface area contributed by atoms with Gasteiger partial charge in [0.25, 0.3) is 11.8 Å². The Hall–Kier alpha value is -3.31. The molecular formula is C25H23ClN2O3. The summed E-state index contributed by atoms with van der Waals surface area (Å²) in [5, 5.41) is 0.599. The number of hydrogen-bond donors (Lipinski definition) is 0. The number of piperazine rings is 1. The van der Waals surface area contributed by atoms with Crippen LogP contribution in [0.25, 0.3) is 0 Å². The average Bonchev–Trinajstić information content (AvgIpc) is 2.83. The first kappa shape index (κ1) is 20.9. The van der Waals surface area contributed by atoms with Crippen LogP contribution in [-0.4, -0.2) is 47.8 Å². The summed E-state index contributed by atoms with van der Waals surface area (Å²) in [5.41, 5.74) is 2.26. The fourth-order valence-electron chi connectivity index (χ4n) is 3.53. The molecule has 1 heterocycles. The molecule has 0 aromatic heterocycles. The van der Waals surface area contributed by atoms with E-state index in [0.717, 1.165) is 5.56 Å². The number of ether oxygens (including phenoxy) is 1. The summed E-state index contributed by atoms with van der Waals surface area (Å²) in [5.74, 6) is 0.565. The summed E-state index contributed by atoms with van der Waals surface area (Å²) in [4.78, 5) is 29.2. The third-order valence-electron chi connectivity index (χ3n) is 5.27. The molecule has 0 spiro atoms. The molecule has 0 aliphatic carbocycles. The molecule has 0 N–H and O–H groups in total. The van der Waals surface area contributed by atoms with Crippen molar-refractivity contribution in [1.29, 1.82) is 0 Å². The summed E-state index contributed by atoms with van der Waals surface area (Å²) in [6.07, 6.45) is 0. The summed E-state index contributed by atoms with van der Waals surface area (Å²) >= 11 is 5.90. The maximum atomic E-state index is 13.0. The molecule has 2 amide bonds. The first-order valence-corrected chi connectivity index (χ1v) is 10.6. The van der Waals surface area contributed by atoms with Gasteiger partial charge in [-0.05, 0) is 48.0 Å². The molecule has 4 rings (SSSR count). The van der Waals surface area contributed by atoms with Crippen LogP contribution in [0, 0.1) is 0 Å². The highest BCUT2D eigenvalue weighted by atomic mass is 35.5. The molecule has 0 atom stereocenters. The lowest BCUT2D eigenvalue weighted by atomic mass is 10.1. The van der Waals surface area contributed by atoms with Crippen LogP contribution in [0.3, 0.4) is 0 Å². The molecule has 3 aromatic rings. The van der Waals surface area contributed by atoms with E-state index in [9.17, 15) is 9.59 Å². The lowest BCUT2D eigenvalue weighted by Crippen LogP contribution is -2.50. The van der Waals surface area contributed by atoms with Crippen molar-refractivity contribution in [3.8, 4) is 5.75 Å². The van der Waals surface area contributed by atoms with Gasteiger partial charge in [-0.25, -0.2) is 0 Å². The first-order valence-electron chi connectivity index (χ1n) is 10.2. The van der Waals surface area contributed by atoms with Crippen molar-refractivity contribution < 1.29 is 14.3 Å². The van der Waals surface area contributed by atoms with Crippen molar-refractivity contribution >= 4 is 23.4 Å². The van der Waals surface area contributed by atoms with Crippen molar-refractivity contribution in [3.63, 3.8) is 0 Å². The van der Waals surface area contributed by atoms with Gasteiger partial charge in [0.2, 0.25) is 0 Å². The molecule has 3 aromatic carbocycles. The minimum atomic E-state index is -0.0521. The Morgan fingerprint density at radius 3 is 2.00 bits per heavy atom. The van der Waals surface area contributed by atoms with Crippen molar-refractivity contribution in [3.05, 3.63) is 101 Å². The highest BCUT2D eigenvalue weighted by molar-refractivity contribution is 6.30. The monoisotopic (exact) mass is 434 g/mol. The van der Waals surface area contributed by atoms with Gasteiger partial charge in [-0.2, -0.15) is 0 Å². The van der Waals surface area contributed by atoms with Crippen molar-refractivity contribution in [1.82, 2.24) is 9.80 Å². The molecule has 1 fully saturated rings. The molecule has 158 valence electrons. The maximum Gasteiger partial charge on any atom is 0.254 e. The van der Waals surface area contributed by atoms with Crippen LogP contribution in [-0.2, 0) is 6.61 Å². The zero-order valence-electron chi connectivity index (χ0n) is 17.0. The van der Waals surface area contributed by atoms with E-state index in [2.05, 4.69) is 0 Å². The number of nitrogens with zero attached hydrogens (tertiary/aromatic N) is 2. The number of amides is 2. The number of carbonyl (C=O) groups is 2. The maximum absolute atomic E-state index is 13.0. The standard InChI is InChI=1S/C25H23ClN2O3/c26-22-11-9-20(10-12-22)24(29)27-13-15-28(16-14-27)25(30)21-7-4-8-23(17-21)31-18-19-5-2-1-3-6-19/h1-12,17H,13-16,18H2. The Morgan fingerprint density at radius 1 is 0.742 bits per heavy atom. The number of hydrogen-bond acceptors (Lipinski definition) is 3. The van der Waals surface area contributed by atoms with Gasteiger partial charge < -0.3 is 14.5 Å². The Morgan fingerprint density at radius 2 is 1.35 bits per heavy atom. The van der Waals surface area contributed by atoms with E-state index in [1.54, 1.807) is 46.2 Å². The second-order valence-electron chi connectivity index (χ2n) is 7.39. The van der Waals surface area contributed by atoms with Gasteiger partial charge in [0.15, 0.2) is 0 Å². The summed E-state index contributed by atoms with van der Waals surface area (Å²) in [6.45, 7) is 2.43. The van der Waals surface area contributed by atoms with E-state index in [1.807, 2.05) is 42.5 Å². The fraction of sp³-hybridized carbons (Fsp3) is 0.200. The van der Waals surface area contributed by atoms with Crippen LogP contribution in [0.2, 0.25) is 5.02 Å². The lowest BCUT2D eigenvalue weighted by molar-refractivity contribution is 0.0535. The minimum absolute atomic E-state index is 0.0416. The molecule has 31 heavy (non-hydrogen) atoms. The quantitative estimate of drug-likeness (QED) is 0.593. The van der Waals surface area contributed by atoms with E-state index in [0.29, 0.717) is 54.7 Å². The number of rotatable bonds is 5. The predicted octanol–water partition coefficient (Wildman–Crippen LogP) is 4.52. The SMILES string of the molecule is O=C(c1ccc(Cl)cc1)N1CCN(C(=O)c2cccc(OCc3ccccc3)c2)CC1. The van der Waals surface area contributed by atoms with Crippen LogP contribution in [0.4, 0.5) is 0 Å². The largest absolute Gasteiger partial charge is 0.489 e. The van der Waals surface area contributed by atoms with Gasteiger partial charge in [0.05, 0.1) is 0 Å². The predicted molar refractivity (Wildman–Crippen MR) is 120 cm³/mol. The third kappa shape index (κ3) is 5.25. The van der Waals surface area contributed by atoms with E-state index < -0.39 is 0 Å². The van der Waals surface area contributed by atoms with Crippen molar-refractivity contribution in [2.75, 3.05) is 26.2 Å². The summed E-state index contributed by atoms with van der Waals surface area (Å²) < 4.78 is 5.84. The zero-order chi connectivity index (χ0) is 21.6. The van der Waals surface area contributed by atoms with Gasteiger partial charge in [0, 0.05) is 42.3 Å². The molecular weight excluding hydrogens is 412 g/mol. The molecule has 0 bridgehead atoms.